The van der Waals surface area contributed by atoms with Gasteiger partial charge in [0.15, 0.2) is 6.10 Å². The Bertz CT molecular complexity index is 1340. The average Bonchev–Trinajstić information content (AvgIpc) is 3.38. The summed E-state index contributed by atoms with van der Waals surface area (Å²) in [7, 11) is 0. The smallest absolute Gasteiger partial charge is 0.306 e. The van der Waals surface area contributed by atoms with Crippen LogP contribution >= 0.6 is 0 Å². The first kappa shape index (κ1) is 68.8. The minimum Gasteiger partial charge on any atom is -0.462 e. The lowest BCUT2D eigenvalue weighted by atomic mass is 10.1. The fraction of sp³-hybridized carbons (Fsp3) is 0.773. The lowest BCUT2D eigenvalue weighted by Crippen LogP contribution is -2.30. The number of unbranched alkanes of at least 4 members (excludes halogenated alkanes) is 33. The molecular weight excluding hydrogens is 889 g/mol. The highest BCUT2D eigenvalue weighted by molar-refractivity contribution is 5.71. The Morgan fingerprint density at radius 3 is 0.819 bits per heavy atom. The summed E-state index contributed by atoms with van der Waals surface area (Å²) in [6.45, 7) is 6.60. The molecule has 0 bridgehead atoms. The predicted molar refractivity (Wildman–Crippen MR) is 311 cm³/mol. The van der Waals surface area contributed by atoms with Crippen LogP contribution in [0.15, 0.2) is 72.9 Å². The molecule has 6 heteroatoms. The van der Waals surface area contributed by atoms with Crippen molar-refractivity contribution in [3.63, 3.8) is 0 Å². The van der Waals surface area contributed by atoms with Gasteiger partial charge in [0.05, 0.1) is 0 Å². The summed E-state index contributed by atoms with van der Waals surface area (Å²) in [6.07, 6.45) is 77.5. The Labute approximate surface area is 446 Å². The van der Waals surface area contributed by atoms with E-state index < -0.39 is 6.10 Å². The number of hydrogen-bond acceptors (Lipinski definition) is 6. The van der Waals surface area contributed by atoms with Gasteiger partial charge < -0.3 is 14.2 Å². The molecule has 0 aromatic carbocycles. The van der Waals surface area contributed by atoms with Crippen molar-refractivity contribution in [2.45, 2.75) is 316 Å². The maximum Gasteiger partial charge on any atom is 0.306 e. The molecule has 1 unspecified atom stereocenters. The maximum absolute atomic E-state index is 12.9. The van der Waals surface area contributed by atoms with Crippen LogP contribution < -0.4 is 0 Å². The molecule has 6 nitrogen and oxygen atoms in total. The molecule has 0 aliphatic rings. The highest BCUT2D eigenvalue weighted by Crippen LogP contribution is 2.15. The second kappa shape index (κ2) is 60.4. The average molecular weight is 1010 g/mol. The van der Waals surface area contributed by atoms with Gasteiger partial charge in [-0.25, -0.2) is 0 Å². The number of rotatable bonds is 56. The Balaban J connectivity index is 4.32. The van der Waals surface area contributed by atoms with Crippen LogP contribution in [0.4, 0.5) is 0 Å². The fourth-order valence-corrected chi connectivity index (χ4v) is 8.71. The normalized spacial score (nSPS) is 12.5. The summed E-state index contributed by atoms with van der Waals surface area (Å²) < 4.78 is 16.9. The third-order valence-electron chi connectivity index (χ3n) is 13.4. The molecule has 0 aromatic rings. The summed E-state index contributed by atoms with van der Waals surface area (Å²) in [5, 5.41) is 0. The molecule has 0 saturated heterocycles. The number of allylic oxidation sites excluding steroid dienone is 12. The second-order valence-corrected chi connectivity index (χ2v) is 20.6. The molecule has 0 aliphatic carbocycles. The molecule has 0 heterocycles. The van der Waals surface area contributed by atoms with Crippen molar-refractivity contribution in [1.29, 1.82) is 0 Å². The molecule has 0 rings (SSSR count). The van der Waals surface area contributed by atoms with Crippen molar-refractivity contribution in [3.8, 4) is 0 Å². The van der Waals surface area contributed by atoms with E-state index in [2.05, 4.69) is 93.7 Å². The van der Waals surface area contributed by atoms with Gasteiger partial charge in [-0.15, -0.1) is 0 Å². The quantitative estimate of drug-likeness (QED) is 0.0261. The molecule has 1 atom stereocenters. The van der Waals surface area contributed by atoms with Gasteiger partial charge in [-0.2, -0.15) is 0 Å². The van der Waals surface area contributed by atoms with Crippen LogP contribution in [-0.2, 0) is 28.6 Å². The zero-order valence-corrected chi connectivity index (χ0v) is 47.7. The van der Waals surface area contributed by atoms with E-state index in [1.165, 1.54) is 167 Å². The van der Waals surface area contributed by atoms with Crippen molar-refractivity contribution in [1.82, 2.24) is 0 Å². The van der Waals surface area contributed by atoms with Gasteiger partial charge in [-0.3, -0.25) is 14.4 Å². The first-order chi connectivity index (χ1) is 35.5. The number of ether oxygens (including phenoxy) is 3. The Kier molecular flexibility index (Phi) is 57.8. The van der Waals surface area contributed by atoms with Gasteiger partial charge in [0, 0.05) is 19.3 Å². The predicted octanol–water partition coefficient (Wildman–Crippen LogP) is 20.9. The van der Waals surface area contributed by atoms with Crippen molar-refractivity contribution < 1.29 is 28.6 Å². The minimum absolute atomic E-state index is 0.0849. The fourth-order valence-electron chi connectivity index (χ4n) is 8.71. The van der Waals surface area contributed by atoms with E-state index in [1.54, 1.807) is 0 Å². The molecule has 0 radical (unpaired) electrons. The highest BCUT2D eigenvalue weighted by atomic mass is 16.6. The van der Waals surface area contributed by atoms with Gasteiger partial charge in [-0.05, 0) is 116 Å². The third kappa shape index (κ3) is 57.7. The van der Waals surface area contributed by atoms with Crippen molar-refractivity contribution in [3.05, 3.63) is 72.9 Å². The summed E-state index contributed by atoms with van der Waals surface area (Å²) in [5.41, 5.74) is 0. The highest BCUT2D eigenvalue weighted by Gasteiger charge is 2.19. The topological polar surface area (TPSA) is 78.9 Å². The molecule has 0 fully saturated rings. The summed E-state index contributed by atoms with van der Waals surface area (Å²) in [5.74, 6) is -0.901. The summed E-state index contributed by atoms with van der Waals surface area (Å²) in [6, 6.07) is 0. The van der Waals surface area contributed by atoms with Gasteiger partial charge >= 0.3 is 17.9 Å². The Hall–Kier alpha value is -3.15. The van der Waals surface area contributed by atoms with Crippen LogP contribution in [0.3, 0.4) is 0 Å². The van der Waals surface area contributed by atoms with Crippen molar-refractivity contribution >= 4 is 17.9 Å². The minimum atomic E-state index is -0.788. The first-order valence-electron chi connectivity index (χ1n) is 30.9. The number of esters is 3. The molecule has 0 N–H and O–H groups in total. The van der Waals surface area contributed by atoms with E-state index in [0.29, 0.717) is 19.3 Å². The Morgan fingerprint density at radius 2 is 0.500 bits per heavy atom. The maximum atomic E-state index is 12.9. The molecule has 0 spiro atoms. The Morgan fingerprint density at radius 1 is 0.278 bits per heavy atom. The van der Waals surface area contributed by atoms with Crippen LogP contribution in [0.25, 0.3) is 0 Å². The van der Waals surface area contributed by atoms with Crippen molar-refractivity contribution in [2.75, 3.05) is 13.2 Å². The standard InChI is InChI=1S/C66H116O6/c1-4-7-10-13-16-19-22-25-28-29-30-31-32-33-34-35-36-37-39-41-44-47-50-53-56-59-65(68)71-62-63(61-70-64(67)58-55-52-49-46-43-40-27-24-21-18-15-12-9-6-3)72-66(69)60-57-54-51-48-45-42-38-26-23-20-17-14-11-8-5-2/h17,20,22,24-27,29-30,32-33,38,63H,4-16,18-19,21,23,28,31,34-37,39-62H2,1-3H3/b20-17-,25-22-,27-24-,30-29-,33-32-,38-26-. The second-order valence-electron chi connectivity index (χ2n) is 20.6. The van der Waals surface area contributed by atoms with Crippen LogP contribution in [0, 0.1) is 0 Å². The van der Waals surface area contributed by atoms with Gasteiger partial charge in [0.25, 0.3) is 0 Å². The van der Waals surface area contributed by atoms with E-state index in [0.717, 1.165) is 103 Å². The van der Waals surface area contributed by atoms with Gasteiger partial charge in [0.1, 0.15) is 13.2 Å². The van der Waals surface area contributed by atoms with Crippen LogP contribution in [0.2, 0.25) is 0 Å². The van der Waals surface area contributed by atoms with E-state index in [-0.39, 0.29) is 31.1 Å². The number of hydrogen-bond donors (Lipinski definition) is 0. The molecule has 0 amide bonds. The SMILES string of the molecule is CCCCC/C=C\C/C=C\CCCCCCCC(=O)OC(COC(=O)CCCCCCC/C=C\CCCCCCC)COC(=O)CCCCCCCCCCCC/C=C\C/C=C\C/C=C\CCCCCCC. The molecule has 416 valence electrons. The van der Waals surface area contributed by atoms with Crippen LogP contribution in [0.1, 0.15) is 310 Å². The van der Waals surface area contributed by atoms with E-state index in [1.807, 2.05) is 0 Å². The zero-order valence-electron chi connectivity index (χ0n) is 47.7. The summed E-state index contributed by atoms with van der Waals surface area (Å²) in [4.78, 5) is 38.2. The number of carbonyl (C=O) groups excluding carboxylic acids is 3. The van der Waals surface area contributed by atoms with E-state index in [9.17, 15) is 14.4 Å². The lowest BCUT2D eigenvalue weighted by molar-refractivity contribution is -0.167. The van der Waals surface area contributed by atoms with Crippen LogP contribution in [-0.4, -0.2) is 37.2 Å². The zero-order chi connectivity index (χ0) is 52.2. The largest absolute Gasteiger partial charge is 0.462 e. The lowest BCUT2D eigenvalue weighted by Gasteiger charge is -2.18. The molecule has 0 saturated carbocycles. The molecular formula is C66H116O6. The van der Waals surface area contributed by atoms with Crippen molar-refractivity contribution in [2.24, 2.45) is 0 Å². The first-order valence-corrected chi connectivity index (χ1v) is 30.9. The molecule has 0 aromatic heterocycles. The molecule has 0 aliphatic heterocycles. The van der Waals surface area contributed by atoms with Gasteiger partial charge in [-0.1, -0.05) is 248 Å². The third-order valence-corrected chi connectivity index (χ3v) is 13.4. The van der Waals surface area contributed by atoms with Crippen LogP contribution in [0.5, 0.6) is 0 Å². The monoisotopic (exact) mass is 1000 g/mol. The number of carbonyl (C=O) groups is 3. The molecule has 72 heavy (non-hydrogen) atoms. The summed E-state index contributed by atoms with van der Waals surface area (Å²) >= 11 is 0. The van der Waals surface area contributed by atoms with Gasteiger partial charge in [0.2, 0.25) is 0 Å². The van der Waals surface area contributed by atoms with E-state index in [4.69, 9.17) is 14.2 Å². The van der Waals surface area contributed by atoms with E-state index >= 15 is 0 Å².